The third kappa shape index (κ3) is 2.95. The van der Waals surface area contributed by atoms with Crippen molar-refractivity contribution in [3.8, 4) is 0 Å². The first-order valence-electron chi connectivity index (χ1n) is 6.65. The first-order valence-corrected chi connectivity index (χ1v) is 10.8. The Hall–Kier alpha value is -0.369. The molecule has 0 N–H and O–H groups in total. The summed E-state index contributed by atoms with van der Waals surface area (Å²) < 4.78 is 3.59. The smallest absolute Gasteiger partial charge is 0.307 e. The Morgan fingerprint density at radius 2 is 1.70 bits per heavy atom. The van der Waals surface area contributed by atoms with Crippen LogP contribution in [-0.2, 0) is 14.5 Å². The van der Waals surface area contributed by atoms with Gasteiger partial charge >= 0.3 is 28.8 Å². The molecule has 0 spiro atoms. The Balaban J connectivity index is 2.42. The highest BCUT2D eigenvalue weighted by molar-refractivity contribution is 6.74. The summed E-state index contributed by atoms with van der Waals surface area (Å²) in [6.45, 7) is 0. The van der Waals surface area contributed by atoms with Crippen LogP contribution in [0.25, 0.3) is 0 Å². The lowest BCUT2D eigenvalue weighted by Gasteiger charge is -2.49. The molecule has 3 unspecified atom stereocenters. The van der Waals surface area contributed by atoms with Crippen LogP contribution in [0.5, 0.6) is 0 Å². The Morgan fingerprint density at radius 3 is 2.20 bits per heavy atom. The summed E-state index contributed by atoms with van der Waals surface area (Å²) in [7, 11) is 6.80. The number of hydroxylamine groups is 2. The van der Waals surface area contributed by atoms with E-state index in [0.717, 1.165) is 0 Å². The van der Waals surface area contributed by atoms with E-state index in [1.807, 2.05) is 0 Å². The fraction of sp³-hybridized carbons (Fsp3) is 0.455. The minimum absolute atomic E-state index is 0.657. The van der Waals surface area contributed by atoms with Gasteiger partial charge in [-0.3, -0.25) is 0 Å². The second kappa shape index (κ2) is 6.17. The van der Waals surface area contributed by atoms with E-state index in [2.05, 4.69) is 48.8 Å². The van der Waals surface area contributed by atoms with Crippen LogP contribution >= 0.6 is 0 Å². The molecular formula is C11H25N3O3Si3+2. The molecule has 1 aromatic rings. The highest BCUT2D eigenvalue weighted by Gasteiger charge is 2.58. The first-order chi connectivity index (χ1) is 9.48. The number of hydrogen-bond acceptors (Lipinski definition) is 4. The van der Waals surface area contributed by atoms with Gasteiger partial charge in [-0.05, 0) is 0 Å². The minimum atomic E-state index is -1.57. The third-order valence-corrected chi connectivity index (χ3v) is 14.3. The highest BCUT2D eigenvalue weighted by Crippen LogP contribution is 2.21. The van der Waals surface area contributed by atoms with Crippen molar-refractivity contribution in [2.45, 2.75) is 0 Å². The zero-order valence-corrected chi connectivity index (χ0v) is 16.9. The van der Waals surface area contributed by atoms with Gasteiger partial charge in [0.15, 0.2) is 0 Å². The van der Waals surface area contributed by atoms with E-state index in [1.165, 1.54) is 5.19 Å². The zero-order valence-electron chi connectivity index (χ0n) is 12.9. The van der Waals surface area contributed by atoms with Crippen LogP contribution in [0.15, 0.2) is 30.3 Å². The summed E-state index contributed by atoms with van der Waals surface area (Å²) in [6.07, 6.45) is 0. The lowest BCUT2D eigenvalue weighted by Crippen LogP contribution is -2.82. The number of rotatable bonds is 4. The average Bonchev–Trinajstić information content (AvgIpc) is 2.47. The molecule has 20 heavy (non-hydrogen) atoms. The maximum Gasteiger partial charge on any atom is 0.523 e. The van der Waals surface area contributed by atoms with Crippen LogP contribution in [0.4, 0.5) is 0 Å². The van der Waals surface area contributed by atoms with Crippen LogP contribution in [0.1, 0.15) is 0 Å². The molecule has 6 nitrogen and oxygen atoms in total. The van der Waals surface area contributed by atoms with Gasteiger partial charge in [0.1, 0.15) is 0 Å². The summed E-state index contributed by atoms with van der Waals surface area (Å²) in [5.41, 5.74) is 0. The molecule has 1 saturated heterocycles. The molecule has 1 aliphatic heterocycles. The maximum atomic E-state index is 5.94. The fourth-order valence-corrected chi connectivity index (χ4v) is 18.0. The van der Waals surface area contributed by atoms with Gasteiger partial charge in [0.2, 0.25) is 0 Å². The Bertz CT molecular complexity index is 455. The monoisotopic (exact) mass is 331 g/mol. The molecule has 112 valence electrons. The van der Waals surface area contributed by atoms with Crippen molar-refractivity contribution in [1.82, 2.24) is 4.39 Å². The molecule has 0 aromatic heterocycles. The van der Waals surface area contributed by atoms with Crippen LogP contribution < -0.4 is 5.19 Å². The van der Waals surface area contributed by atoms with E-state index < -0.39 is 28.8 Å². The predicted octanol–water partition coefficient (Wildman–Crippen LogP) is -2.00. The lowest BCUT2D eigenvalue weighted by molar-refractivity contribution is -1.02. The Kier molecular flexibility index (Phi) is 4.94. The predicted molar refractivity (Wildman–Crippen MR) is 85.5 cm³/mol. The molecule has 0 saturated carbocycles. The van der Waals surface area contributed by atoms with Gasteiger partial charge in [-0.25, -0.2) is 17.6 Å². The van der Waals surface area contributed by atoms with Gasteiger partial charge in [0.05, 0.1) is 35.4 Å². The topological polar surface area (TPSA) is 30.9 Å². The van der Waals surface area contributed by atoms with E-state index in [-0.39, 0.29) is 0 Å². The second-order valence-electron chi connectivity index (χ2n) is 5.50. The van der Waals surface area contributed by atoms with Crippen molar-refractivity contribution in [1.29, 1.82) is 0 Å². The average molecular weight is 332 g/mol. The number of benzene rings is 1. The number of quaternary nitrogens is 2. The summed E-state index contributed by atoms with van der Waals surface area (Å²) in [5, 5.41) is 1.36. The third-order valence-electron chi connectivity index (χ3n) is 4.00. The highest BCUT2D eigenvalue weighted by atomic mass is 28.4. The zero-order chi connectivity index (χ0) is 14.8. The first kappa shape index (κ1) is 16.0. The molecule has 0 radical (unpaired) electrons. The van der Waals surface area contributed by atoms with Crippen molar-refractivity contribution in [2.24, 2.45) is 0 Å². The largest absolute Gasteiger partial charge is 0.523 e. The quantitative estimate of drug-likeness (QED) is 0.598. The summed E-state index contributed by atoms with van der Waals surface area (Å²) in [6, 6.07) is 10.6. The van der Waals surface area contributed by atoms with E-state index in [0.29, 0.717) is 7.95 Å². The van der Waals surface area contributed by atoms with Crippen LogP contribution in [0.3, 0.4) is 0 Å². The molecule has 1 heterocycles. The molecule has 1 fully saturated rings. The molecule has 0 amide bonds. The fourth-order valence-electron chi connectivity index (χ4n) is 2.90. The van der Waals surface area contributed by atoms with E-state index >= 15 is 0 Å². The lowest BCUT2D eigenvalue weighted by atomic mass is 10.4. The molecule has 0 bridgehead atoms. The molecule has 9 heteroatoms. The van der Waals surface area contributed by atoms with E-state index in [9.17, 15) is 0 Å². The second-order valence-corrected chi connectivity index (χ2v) is 16.1. The van der Waals surface area contributed by atoms with Crippen molar-refractivity contribution in [3.63, 3.8) is 0 Å². The minimum Gasteiger partial charge on any atom is -0.307 e. The number of nitrogens with zero attached hydrogens (tertiary/aromatic N) is 3. The van der Waals surface area contributed by atoms with Gasteiger partial charge in [-0.15, -0.1) is 4.39 Å². The Morgan fingerprint density at radius 1 is 1.05 bits per heavy atom. The summed E-state index contributed by atoms with van der Waals surface area (Å²) in [4.78, 5) is 17.4. The number of hydrogen-bond donors (Lipinski definition) is 0. The van der Waals surface area contributed by atoms with E-state index in [1.54, 1.807) is 21.3 Å². The van der Waals surface area contributed by atoms with Crippen molar-refractivity contribution >= 4 is 34.0 Å². The van der Waals surface area contributed by atoms with Gasteiger partial charge in [-0.1, -0.05) is 30.3 Å². The van der Waals surface area contributed by atoms with Gasteiger partial charge in [0.25, 0.3) is 0 Å². The van der Waals surface area contributed by atoms with Crippen LogP contribution in [-0.4, -0.2) is 76.6 Å². The van der Waals surface area contributed by atoms with E-state index in [4.69, 9.17) is 14.5 Å². The van der Waals surface area contributed by atoms with Gasteiger partial charge in [0, 0.05) is 5.19 Å². The van der Waals surface area contributed by atoms with Crippen LogP contribution in [0, 0.1) is 0 Å². The molecule has 0 aliphatic carbocycles. The summed E-state index contributed by atoms with van der Waals surface area (Å²) in [5.74, 6) is 0. The van der Waals surface area contributed by atoms with Crippen molar-refractivity contribution in [3.05, 3.63) is 30.3 Å². The van der Waals surface area contributed by atoms with Crippen molar-refractivity contribution in [2.75, 3.05) is 35.4 Å². The molecule has 2 rings (SSSR count). The van der Waals surface area contributed by atoms with Gasteiger partial charge in [-0.2, -0.15) is 0 Å². The standard InChI is InChI=1S/C11H25N3O3Si3/c1-13(16-4)18-12(15-3)20(14(2,17-5)19-13)11-9-7-6-8-10-11/h6-10,20H,18-19H2,1-5H3/q+2. The van der Waals surface area contributed by atoms with Crippen LogP contribution in [0.2, 0.25) is 0 Å². The molecule has 1 aliphatic rings. The maximum absolute atomic E-state index is 5.94. The SMILES string of the molecule is CON1[SiH2][N+](C)(OC)[SiH2][N+](C)(OC)[SiH]1c1ccccc1. The normalized spacial score (nSPS) is 37.5. The molecule has 3 atom stereocenters. The molecular weight excluding hydrogens is 306 g/mol. The van der Waals surface area contributed by atoms with Crippen molar-refractivity contribution < 1.29 is 22.5 Å². The van der Waals surface area contributed by atoms with Gasteiger partial charge < -0.3 is 4.84 Å². The summed E-state index contributed by atoms with van der Waals surface area (Å²) >= 11 is 0. The Labute approximate surface area is 127 Å². The molecule has 1 aromatic carbocycles.